The molecule has 0 atom stereocenters. The van der Waals surface area contributed by atoms with Gasteiger partial charge in [0.2, 0.25) is 0 Å². The summed E-state index contributed by atoms with van der Waals surface area (Å²) in [5.41, 5.74) is 7.28. The summed E-state index contributed by atoms with van der Waals surface area (Å²) < 4.78 is 0. The van der Waals surface area contributed by atoms with Crippen molar-refractivity contribution in [3.63, 3.8) is 0 Å². The molecule has 0 radical (unpaired) electrons. The maximum Gasteiger partial charge on any atom is 0.129 e. The fraction of sp³-hybridized carbons (Fsp3) is 0.250. The van der Waals surface area contributed by atoms with Crippen molar-refractivity contribution in [2.45, 2.75) is 26.1 Å². The Morgan fingerprint density at radius 1 is 1.00 bits per heavy atom. The van der Waals surface area contributed by atoms with E-state index in [-0.39, 0.29) is 0 Å². The van der Waals surface area contributed by atoms with E-state index in [9.17, 15) is 0 Å². The molecule has 0 aromatic rings. The normalized spacial score (nSPS) is 18.2. The zero-order valence-corrected chi connectivity index (χ0v) is 11.7. The fourth-order valence-electron chi connectivity index (χ4n) is 1.70. The molecule has 0 amide bonds. The lowest BCUT2D eigenvalue weighted by Crippen LogP contribution is -2.16. The first-order valence-electron chi connectivity index (χ1n) is 6.04. The monoisotopic (exact) mass is 238 g/mol. The van der Waals surface area contributed by atoms with Gasteiger partial charge < -0.3 is 0 Å². The molecule has 2 aliphatic rings. The number of rotatable bonds is 0. The van der Waals surface area contributed by atoms with Crippen molar-refractivity contribution in [2.24, 2.45) is 0 Å². The van der Waals surface area contributed by atoms with Crippen LogP contribution in [0, 0.1) is 11.5 Å². The molecular weight excluding hydrogens is 220 g/mol. The van der Waals surface area contributed by atoms with Crippen LogP contribution in [0.25, 0.3) is 0 Å². The largest absolute Gasteiger partial charge is 0.129 e. The molecule has 0 heterocycles. The second kappa shape index (κ2) is 4.77. The van der Waals surface area contributed by atoms with Crippen LogP contribution in [0.5, 0.6) is 0 Å². The predicted octanol–water partition coefficient (Wildman–Crippen LogP) is 4.18. The fourth-order valence-corrected chi connectivity index (χ4v) is 2.22. The van der Waals surface area contributed by atoms with Crippen molar-refractivity contribution in [3.8, 4) is 11.5 Å². The standard InChI is InChI=1S/C16H18Si/c1-17(2,3)13-12-14-8-10-16(11-9-14)15-6-4-5-7-15/h4-10H,11H2,1-3H3. The van der Waals surface area contributed by atoms with Crippen molar-refractivity contribution in [1.29, 1.82) is 0 Å². The Labute approximate surface area is 105 Å². The zero-order valence-electron chi connectivity index (χ0n) is 10.7. The molecule has 0 aromatic heterocycles. The third-order valence-corrected chi connectivity index (χ3v) is 3.50. The summed E-state index contributed by atoms with van der Waals surface area (Å²) in [6.07, 6.45) is 16.0. The van der Waals surface area contributed by atoms with Gasteiger partial charge >= 0.3 is 0 Å². The van der Waals surface area contributed by atoms with Crippen LogP contribution < -0.4 is 0 Å². The van der Waals surface area contributed by atoms with E-state index in [1.807, 2.05) is 0 Å². The minimum atomic E-state index is -1.25. The van der Waals surface area contributed by atoms with Crippen LogP contribution in [-0.4, -0.2) is 8.07 Å². The topological polar surface area (TPSA) is 0 Å². The Balaban J connectivity index is 2.11. The average molecular weight is 238 g/mol. The molecule has 0 saturated carbocycles. The van der Waals surface area contributed by atoms with Crippen molar-refractivity contribution < 1.29 is 0 Å². The molecule has 0 nitrogen and oxygen atoms in total. The van der Waals surface area contributed by atoms with Crippen molar-refractivity contribution in [2.75, 3.05) is 0 Å². The molecule has 0 saturated heterocycles. The molecule has 0 spiro atoms. The summed E-state index contributed by atoms with van der Waals surface area (Å²) in [7, 11) is -1.25. The third-order valence-electron chi connectivity index (χ3n) is 2.62. The number of hydrogen-bond donors (Lipinski definition) is 0. The molecule has 1 heteroatoms. The highest BCUT2D eigenvalue weighted by Crippen LogP contribution is 2.22. The second-order valence-electron chi connectivity index (χ2n) is 5.40. The van der Waals surface area contributed by atoms with Gasteiger partial charge in [0.15, 0.2) is 0 Å². The van der Waals surface area contributed by atoms with Crippen LogP contribution in [0.4, 0.5) is 0 Å². The highest BCUT2D eigenvalue weighted by Gasteiger charge is 2.08. The average Bonchev–Trinajstić information content (AvgIpc) is 2.79. The lowest BCUT2D eigenvalue weighted by molar-refractivity contribution is 1.23. The first-order valence-corrected chi connectivity index (χ1v) is 9.54. The first-order chi connectivity index (χ1) is 8.04. The smallest absolute Gasteiger partial charge is 0.127 e. The van der Waals surface area contributed by atoms with Gasteiger partial charge in [-0.3, -0.25) is 0 Å². The summed E-state index contributed by atoms with van der Waals surface area (Å²) >= 11 is 0. The van der Waals surface area contributed by atoms with E-state index in [1.54, 1.807) is 0 Å². The lowest BCUT2D eigenvalue weighted by atomic mass is 9.98. The highest BCUT2D eigenvalue weighted by molar-refractivity contribution is 6.83. The van der Waals surface area contributed by atoms with E-state index in [0.717, 1.165) is 6.42 Å². The van der Waals surface area contributed by atoms with Gasteiger partial charge in [-0.15, -0.1) is 5.54 Å². The van der Waals surface area contributed by atoms with Gasteiger partial charge in [-0.1, -0.05) is 62.0 Å². The Bertz CT molecular complexity index is 506. The first kappa shape index (κ1) is 11.9. The van der Waals surface area contributed by atoms with Crippen LogP contribution in [0.15, 0.2) is 59.3 Å². The van der Waals surface area contributed by atoms with Gasteiger partial charge in [0.25, 0.3) is 0 Å². The number of allylic oxidation sites excluding steroid dienone is 10. The van der Waals surface area contributed by atoms with Crippen LogP contribution in [0.1, 0.15) is 6.42 Å². The third kappa shape index (κ3) is 3.47. The Morgan fingerprint density at radius 3 is 2.24 bits per heavy atom. The van der Waals surface area contributed by atoms with E-state index < -0.39 is 8.07 Å². The predicted molar refractivity (Wildman–Crippen MR) is 78.3 cm³/mol. The molecule has 0 fully saturated rings. The molecule has 0 aromatic carbocycles. The molecule has 2 aliphatic carbocycles. The van der Waals surface area contributed by atoms with Crippen LogP contribution >= 0.6 is 0 Å². The van der Waals surface area contributed by atoms with Gasteiger partial charge in [0.1, 0.15) is 8.07 Å². The molecule has 0 unspecified atom stereocenters. The van der Waals surface area contributed by atoms with E-state index in [4.69, 9.17) is 0 Å². The Hall–Kier alpha value is -1.52. The van der Waals surface area contributed by atoms with Gasteiger partial charge in [0.05, 0.1) is 0 Å². The minimum Gasteiger partial charge on any atom is -0.127 e. The van der Waals surface area contributed by atoms with E-state index in [0.29, 0.717) is 0 Å². The van der Waals surface area contributed by atoms with Gasteiger partial charge in [-0.2, -0.15) is 0 Å². The summed E-state index contributed by atoms with van der Waals surface area (Å²) in [5.74, 6) is 3.30. The quantitative estimate of drug-likeness (QED) is 0.439. The molecular formula is C16H18Si. The Kier molecular flexibility index (Phi) is 3.35. The summed E-state index contributed by atoms with van der Waals surface area (Å²) in [6, 6.07) is 0. The minimum absolute atomic E-state index is 0.996. The summed E-state index contributed by atoms with van der Waals surface area (Å²) in [5, 5.41) is 0. The summed E-state index contributed by atoms with van der Waals surface area (Å²) in [4.78, 5) is 0. The van der Waals surface area contributed by atoms with E-state index >= 15 is 0 Å². The zero-order chi connectivity index (χ0) is 12.3. The van der Waals surface area contributed by atoms with Gasteiger partial charge in [-0.25, -0.2) is 0 Å². The number of hydrogen-bond acceptors (Lipinski definition) is 0. The molecule has 17 heavy (non-hydrogen) atoms. The van der Waals surface area contributed by atoms with E-state index in [2.05, 4.69) is 73.6 Å². The maximum absolute atomic E-state index is 3.40. The van der Waals surface area contributed by atoms with Crippen molar-refractivity contribution in [3.05, 3.63) is 59.3 Å². The van der Waals surface area contributed by atoms with Crippen LogP contribution in [-0.2, 0) is 0 Å². The van der Waals surface area contributed by atoms with Crippen LogP contribution in [0.3, 0.4) is 0 Å². The lowest BCUT2D eigenvalue weighted by Gasteiger charge is -2.08. The molecule has 0 aliphatic heterocycles. The highest BCUT2D eigenvalue weighted by atomic mass is 28.3. The maximum atomic E-state index is 3.40. The molecule has 86 valence electrons. The molecule has 0 bridgehead atoms. The van der Waals surface area contributed by atoms with Gasteiger partial charge in [-0.05, 0) is 23.6 Å². The van der Waals surface area contributed by atoms with Gasteiger partial charge in [0, 0.05) is 5.57 Å². The Morgan fingerprint density at radius 2 is 1.71 bits per heavy atom. The van der Waals surface area contributed by atoms with Crippen molar-refractivity contribution in [1.82, 2.24) is 0 Å². The van der Waals surface area contributed by atoms with E-state index in [1.165, 1.54) is 16.7 Å². The SMILES string of the molecule is C[Si](C)(C)C#CC1=CCC(=C2C=CC=C2)C=C1. The second-order valence-corrected chi connectivity index (χ2v) is 10.1. The van der Waals surface area contributed by atoms with Crippen LogP contribution in [0.2, 0.25) is 19.6 Å². The van der Waals surface area contributed by atoms with Crippen molar-refractivity contribution >= 4 is 8.07 Å². The summed E-state index contributed by atoms with van der Waals surface area (Å²) in [6.45, 7) is 6.82. The molecule has 2 rings (SSSR count). The molecule has 0 N–H and O–H groups in total.